The summed E-state index contributed by atoms with van der Waals surface area (Å²) in [5, 5.41) is 13.0. The van der Waals surface area contributed by atoms with E-state index in [1.54, 1.807) is 18.2 Å². The van der Waals surface area contributed by atoms with Crippen molar-refractivity contribution in [2.45, 2.75) is 19.8 Å². The number of hydrazone groups is 1. The number of nitrogens with zero attached hydrogens (tertiary/aromatic N) is 1. The molecule has 0 saturated heterocycles. The molecule has 1 aliphatic rings. The molecular formula is C11H12N2O2. The lowest BCUT2D eigenvalue weighted by molar-refractivity contribution is 0.0697. The molecule has 0 bridgehead atoms. The lowest BCUT2D eigenvalue weighted by atomic mass is 10.0. The highest BCUT2D eigenvalue weighted by Crippen LogP contribution is 2.22. The van der Waals surface area contributed by atoms with Crippen LogP contribution in [-0.4, -0.2) is 16.8 Å². The molecule has 1 heterocycles. The second-order valence-electron chi connectivity index (χ2n) is 3.50. The number of anilines is 1. The van der Waals surface area contributed by atoms with Gasteiger partial charge < -0.3 is 5.11 Å². The van der Waals surface area contributed by atoms with Gasteiger partial charge in [0.05, 0.1) is 11.3 Å². The molecule has 0 radical (unpaired) electrons. The SMILES string of the molecule is CCC1=NNc2ccc(C(=O)O)cc2C1. The van der Waals surface area contributed by atoms with Crippen molar-refractivity contribution in [2.24, 2.45) is 5.10 Å². The summed E-state index contributed by atoms with van der Waals surface area (Å²) in [6.45, 7) is 2.03. The molecule has 78 valence electrons. The molecule has 4 nitrogen and oxygen atoms in total. The van der Waals surface area contributed by atoms with Crippen LogP contribution in [0.4, 0.5) is 5.69 Å². The van der Waals surface area contributed by atoms with Crippen LogP contribution in [-0.2, 0) is 6.42 Å². The fourth-order valence-corrected chi connectivity index (χ4v) is 1.58. The summed E-state index contributed by atoms with van der Waals surface area (Å²) in [4.78, 5) is 10.8. The first-order valence-corrected chi connectivity index (χ1v) is 4.88. The molecule has 2 rings (SSSR count). The molecule has 2 N–H and O–H groups in total. The molecule has 0 aliphatic carbocycles. The Hall–Kier alpha value is -1.84. The van der Waals surface area contributed by atoms with E-state index in [-0.39, 0.29) is 0 Å². The van der Waals surface area contributed by atoms with Crippen LogP contribution in [0.5, 0.6) is 0 Å². The second kappa shape index (κ2) is 3.73. The number of carbonyl (C=O) groups is 1. The summed E-state index contributed by atoms with van der Waals surface area (Å²) in [5.41, 5.74) is 6.20. The maximum Gasteiger partial charge on any atom is 0.335 e. The molecule has 0 aromatic heterocycles. The van der Waals surface area contributed by atoms with E-state index in [9.17, 15) is 4.79 Å². The minimum Gasteiger partial charge on any atom is -0.478 e. The van der Waals surface area contributed by atoms with Crippen molar-refractivity contribution in [2.75, 3.05) is 5.43 Å². The van der Waals surface area contributed by atoms with Crippen LogP contribution in [0.25, 0.3) is 0 Å². The summed E-state index contributed by atoms with van der Waals surface area (Å²) >= 11 is 0. The number of hydrogen-bond donors (Lipinski definition) is 2. The Balaban J connectivity index is 2.35. The van der Waals surface area contributed by atoms with E-state index in [4.69, 9.17) is 5.11 Å². The zero-order chi connectivity index (χ0) is 10.8. The summed E-state index contributed by atoms with van der Waals surface area (Å²) in [5.74, 6) is -0.890. The van der Waals surface area contributed by atoms with E-state index in [0.717, 1.165) is 29.8 Å². The Labute approximate surface area is 87.6 Å². The third kappa shape index (κ3) is 1.83. The molecule has 1 aromatic rings. The van der Waals surface area contributed by atoms with Crippen LogP contribution in [0.2, 0.25) is 0 Å². The van der Waals surface area contributed by atoms with Crippen LogP contribution in [0.3, 0.4) is 0 Å². The highest BCUT2D eigenvalue weighted by atomic mass is 16.4. The number of fused-ring (bicyclic) bond motifs is 1. The van der Waals surface area contributed by atoms with Crippen LogP contribution in [0, 0.1) is 0 Å². The number of nitrogens with one attached hydrogen (secondary N) is 1. The van der Waals surface area contributed by atoms with E-state index in [1.807, 2.05) is 6.92 Å². The largest absolute Gasteiger partial charge is 0.478 e. The van der Waals surface area contributed by atoms with Crippen molar-refractivity contribution < 1.29 is 9.90 Å². The van der Waals surface area contributed by atoms with Crippen molar-refractivity contribution in [3.05, 3.63) is 29.3 Å². The lowest BCUT2D eigenvalue weighted by Crippen LogP contribution is -2.13. The number of hydrogen-bond acceptors (Lipinski definition) is 3. The first kappa shape index (κ1) is 9.71. The van der Waals surface area contributed by atoms with Crippen molar-refractivity contribution in [3.8, 4) is 0 Å². The molecule has 4 heteroatoms. The number of carboxylic acids is 1. The third-order valence-electron chi connectivity index (χ3n) is 2.49. The quantitative estimate of drug-likeness (QED) is 0.775. The third-order valence-corrected chi connectivity index (χ3v) is 2.49. The fraction of sp³-hybridized carbons (Fsp3) is 0.273. The van der Waals surface area contributed by atoms with Crippen LogP contribution < -0.4 is 5.43 Å². The van der Waals surface area contributed by atoms with Crippen LogP contribution in [0.1, 0.15) is 29.3 Å². The van der Waals surface area contributed by atoms with Gasteiger partial charge in [-0.25, -0.2) is 4.79 Å². The molecule has 0 amide bonds. The summed E-state index contributed by atoms with van der Waals surface area (Å²) in [6, 6.07) is 5.05. The van der Waals surface area contributed by atoms with Crippen molar-refractivity contribution in [1.82, 2.24) is 0 Å². The standard InChI is InChI=1S/C11H12N2O2/c1-2-9-6-8-5-7(11(14)15)3-4-10(8)13-12-9/h3-5,13H,2,6H2,1H3,(H,14,15). The number of rotatable bonds is 2. The van der Waals surface area contributed by atoms with Gasteiger partial charge in [0.2, 0.25) is 0 Å². The monoisotopic (exact) mass is 204 g/mol. The summed E-state index contributed by atoms with van der Waals surface area (Å²) in [7, 11) is 0. The van der Waals surface area contributed by atoms with Gasteiger partial charge in [0, 0.05) is 12.1 Å². The van der Waals surface area contributed by atoms with Gasteiger partial charge in [0.25, 0.3) is 0 Å². The predicted molar refractivity (Wildman–Crippen MR) is 58.5 cm³/mol. The summed E-state index contributed by atoms with van der Waals surface area (Å²) < 4.78 is 0. The highest BCUT2D eigenvalue weighted by Gasteiger charge is 2.13. The average molecular weight is 204 g/mol. The first-order valence-electron chi connectivity index (χ1n) is 4.88. The maximum absolute atomic E-state index is 10.8. The van der Waals surface area contributed by atoms with Gasteiger partial charge in [-0.3, -0.25) is 5.43 Å². The minimum atomic E-state index is -0.890. The molecule has 0 fully saturated rings. The smallest absolute Gasteiger partial charge is 0.335 e. The van der Waals surface area contributed by atoms with Crippen molar-refractivity contribution >= 4 is 17.4 Å². The number of aromatic carboxylic acids is 1. The second-order valence-corrected chi connectivity index (χ2v) is 3.50. The Morgan fingerprint density at radius 1 is 1.60 bits per heavy atom. The molecule has 1 aliphatic heterocycles. The predicted octanol–water partition coefficient (Wildman–Crippen LogP) is 2.12. The van der Waals surface area contributed by atoms with Gasteiger partial charge in [-0.05, 0) is 30.2 Å². The van der Waals surface area contributed by atoms with Crippen LogP contribution >= 0.6 is 0 Å². The Kier molecular flexibility index (Phi) is 2.41. The normalized spacial score (nSPS) is 13.8. The average Bonchev–Trinajstić information content (AvgIpc) is 2.27. The van der Waals surface area contributed by atoms with E-state index < -0.39 is 5.97 Å². The van der Waals surface area contributed by atoms with Gasteiger partial charge in [0.1, 0.15) is 0 Å². The Morgan fingerprint density at radius 3 is 3.07 bits per heavy atom. The molecular weight excluding hydrogens is 192 g/mol. The number of carboxylic acid groups (broad SMARTS) is 1. The van der Waals surface area contributed by atoms with Gasteiger partial charge in [-0.1, -0.05) is 6.92 Å². The minimum absolute atomic E-state index is 0.327. The van der Waals surface area contributed by atoms with Gasteiger partial charge in [-0.2, -0.15) is 5.10 Å². The molecule has 15 heavy (non-hydrogen) atoms. The van der Waals surface area contributed by atoms with E-state index >= 15 is 0 Å². The van der Waals surface area contributed by atoms with E-state index in [2.05, 4.69) is 10.5 Å². The summed E-state index contributed by atoms with van der Waals surface area (Å²) in [6.07, 6.45) is 1.61. The lowest BCUT2D eigenvalue weighted by Gasteiger charge is -2.16. The van der Waals surface area contributed by atoms with E-state index in [1.165, 1.54) is 0 Å². The molecule has 0 unspecified atom stereocenters. The number of benzene rings is 1. The first-order chi connectivity index (χ1) is 7.20. The zero-order valence-corrected chi connectivity index (χ0v) is 8.45. The Bertz CT molecular complexity index is 438. The van der Waals surface area contributed by atoms with Crippen molar-refractivity contribution in [3.63, 3.8) is 0 Å². The maximum atomic E-state index is 10.8. The Morgan fingerprint density at radius 2 is 2.40 bits per heavy atom. The van der Waals surface area contributed by atoms with Crippen LogP contribution in [0.15, 0.2) is 23.3 Å². The fourth-order valence-electron chi connectivity index (χ4n) is 1.58. The van der Waals surface area contributed by atoms with Gasteiger partial charge in [0.15, 0.2) is 0 Å². The van der Waals surface area contributed by atoms with Gasteiger partial charge in [-0.15, -0.1) is 0 Å². The molecule has 0 atom stereocenters. The molecule has 0 spiro atoms. The van der Waals surface area contributed by atoms with E-state index in [0.29, 0.717) is 5.56 Å². The topological polar surface area (TPSA) is 61.7 Å². The van der Waals surface area contributed by atoms with Gasteiger partial charge >= 0.3 is 5.97 Å². The molecule has 0 saturated carbocycles. The highest BCUT2D eigenvalue weighted by molar-refractivity contribution is 5.93. The molecule has 1 aromatic carbocycles. The zero-order valence-electron chi connectivity index (χ0n) is 8.45. The van der Waals surface area contributed by atoms with Crippen molar-refractivity contribution in [1.29, 1.82) is 0 Å².